The lowest BCUT2D eigenvalue weighted by atomic mass is 10.2. The van der Waals surface area contributed by atoms with Gasteiger partial charge in [0.1, 0.15) is 23.7 Å². The van der Waals surface area contributed by atoms with Crippen molar-refractivity contribution in [3.8, 4) is 0 Å². The lowest BCUT2D eigenvalue weighted by Crippen LogP contribution is -2.63. The monoisotopic (exact) mass is 1120 g/mol. The topological polar surface area (TPSA) is 231 Å². The van der Waals surface area contributed by atoms with E-state index in [1.165, 1.54) is 6.92 Å². The van der Waals surface area contributed by atoms with Crippen molar-refractivity contribution in [2.45, 2.75) is 104 Å². The third-order valence-electron chi connectivity index (χ3n) is 6.67. The van der Waals surface area contributed by atoms with Gasteiger partial charge in [0.2, 0.25) is 0 Å². The maximum Gasteiger partial charge on any atom is 0.457 e. The Kier molecular flexibility index (Phi) is 30.8. The van der Waals surface area contributed by atoms with E-state index in [-0.39, 0.29) is 32.4 Å². The Hall–Kier alpha value is -3.85. The molecule has 0 saturated heterocycles. The number of carboxylic acid groups (broad SMARTS) is 4. The molecular weight excluding hydrogens is 1080 g/mol. The van der Waals surface area contributed by atoms with Gasteiger partial charge in [0.15, 0.2) is 0 Å². The van der Waals surface area contributed by atoms with E-state index < -0.39 is 134 Å². The summed E-state index contributed by atoms with van der Waals surface area (Å²) in [7, 11) is -0.479. The summed E-state index contributed by atoms with van der Waals surface area (Å²) in [5.74, 6) is -29.0. The molecule has 0 radical (unpaired) electrons. The smallest absolute Gasteiger partial charge is 0.457 e. The average molecular weight is 1120 g/mol. The number of carbonyl (C=O) groups excluding carboxylic acids is 1. The summed E-state index contributed by atoms with van der Waals surface area (Å²) in [6.07, 6.45) is -39.5. The van der Waals surface area contributed by atoms with Crippen LogP contribution < -0.4 is 0 Å². The van der Waals surface area contributed by atoms with Crippen LogP contribution in [0, 0.1) is 0 Å². The largest absolute Gasteiger partial charge is 0.481 e. The summed E-state index contributed by atoms with van der Waals surface area (Å²) in [6.45, 7) is 0.230. The first-order valence-electron chi connectivity index (χ1n) is 17.5. The first-order chi connectivity index (χ1) is 31.1. The Morgan fingerprint density at radius 2 is 0.986 bits per heavy atom. The molecule has 0 bridgehead atoms. The lowest BCUT2D eigenvalue weighted by Gasteiger charge is -2.37. The van der Waals surface area contributed by atoms with Crippen molar-refractivity contribution in [2.75, 3.05) is 53.0 Å². The van der Waals surface area contributed by atoms with Crippen molar-refractivity contribution in [3.05, 3.63) is 12.7 Å². The summed E-state index contributed by atoms with van der Waals surface area (Å²) in [6, 6.07) is 0. The minimum Gasteiger partial charge on any atom is -0.481 e. The second kappa shape index (κ2) is 29.6. The molecule has 0 amide bonds. The van der Waals surface area contributed by atoms with Crippen LogP contribution >= 0.6 is 24.4 Å². The Morgan fingerprint density at radius 1 is 0.614 bits per heavy atom. The van der Waals surface area contributed by atoms with Crippen LogP contribution in [-0.4, -0.2) is 174 Å². The second-order valence-corrected chi connectivity index (χ2v) is 14.1. The summed E-state index contributed by atoms with van der Waals surface area (Å²) in [5.41, 5.74) is 0. The number of thioether (sulfide) groups is 1. The number of methoxy groups -OCH3 is 2. The minimum absolute atomic E-state index is 0.211. The fourth-order valence-corrected chi connectivity index (χ4v) is 4.50. The molecule has 0 fully saturated rings. The van der Waals surface area contributed by atoms with Gasteiger partial charge in [0.05, 0.1) is 26.1 Å². The number of carbonyl (C=O) groups is 5. The molecular formula is C32H40F20O16S2. The molecule has 4 N–H and O–H groups in total. The van der Waals surface area contributed by atoms with Crippen molar-refractivity contribution in [3.63, 3.8) is 0 Å². The molecule has 0 saturated carbocycles. The molecule has 16 nitrogen and oxygen atoms in total. The zero-order chi connectivity index (χ0) is 56.8. The molecule has 0 aromatic rings. The molecule has 6 unspecified atom stereocenters. The zero-order valence-corrected chi connectivity index (χ0v) is 37.1. The number of alkyl halides is 20. The fourth-order valence-electron chi connectivity index (χ4n) is 3.37. The van der Waals surface area contributed by atoms with Gasteiger partial charge in [-0.1, -0.05) is 6.08 Å². The number of carboxylic acids is 4. The first-order valence-corrected chi connectivity index (χ1v) is 19.1. The molecule has 0 heterocycles. The standard InChI is InChI=1S/C14H16F10O7S.C10H10F10O3.C4H6O4S.C4H8O2/c1-29-11(16,13(20,21)22)14(23,24)31-10(15,12(17,18)19)6-30-3-2-4-32-7(9(27)28)5-8(25)26;1-3-4-22-5-6(11,8(13,14)15)23-10(19,20)7(12,21-2)9(16,17)18;5-3(6)1-2(9)4(7)8;1-3-6-4(2)5/h7H,2-6H2,1H3,(H,25,26)(H,27,28);3H,1,4-5H2,2H3;2,9H,1H2,(H,5,6)(H,7,8);3H2,1-2H3. The molecule has 0 spiro atoms. The molecule has 0 rings (SSSR count). The van der Waals surface area contributed by atoms with Crippen LogP contribution in [0.2, 0.25) is 0 Å². The van der Waals surface area contributed by atoms with Crippen molar-refractivity contribution < 1.29 is 165 Å². The van der Waals surface area contributed by atoms with E-state index in [1.54, 1.807) is 6.92 Å². The van der Waals surface area contributed by atoms with Crippen LogP contribution in [0.25, 0.3) is 0 Å². The fraction of sp³-hybridized carbons (Fsp3) is 0.781. The van der Waals surface area contributed by atoms with Gasteiger partial charge >= 0.3 is 90.2 Å². The first kappa shape index (κ1) is 72.7. The number of rotatable bonds is 26. The highest BCUT2D eigenvalue weighted by Gasteiger charge is 2.79. The molecule has 38 heteroatoms. The Morgan fingerprint density at radius 3 is 1.21 bits per heavy atom. The zero-order valence-electron chi connectivity index (χ0n) is 35.4. The molecule has 6 atom stereocenters. The van der Waals surface area contributed by atoms with Crippen LogP contribution in [0.4, 0.5) is 87.8 Å². The van der Waals surface area contributed by atoms with Crippen LogP contribution in [0.5, 0.6) is 0 Å². The number of hydrogen-bond donors (Lipinski definition) is 5. The molecule has 70 heavy (non-hydrogen) atoms. The lowest BCUT2D eigenvalue weighted by molar-refractivity contribution is -0.503. The molecule has 0 aliphatic carbocycles. The normalized spacial score (nSPS) is 16.8. The highest BCUT2D eigenvalue weighted by molar-refractivity contribution is 8.00. The predicted molar refractivity (Wildman–Crippen MR) is 193 cm³/mol. The van der Waals surface area contributed by atoms with Gasteiger partial charge in [-0.05, 0) is 19.1 Å². The maximum absolute atomic E-state index is 14.0. The third kappa shape index (κ3) is 24.0. The Balaban J connectivity index is -0.000000493. The summed E-state index contributed by atoms with van der Waals surface area (Å²) >= 11 is 4.01. The van der Waals surface area contributed by atoms with E-state index in [9.17, 15) is 112 Å². The SMILES string of the molecule is C=CCOCC(F)(OC(F)(F)C(F)(OC)C(F)(F)F)C(F)(F)F.CCOC(C)=O.COC(F)(C(F)(F)F)C(F)(F)OC(F)(COCCCSC(CC(=O)O)C(=O)O)C(F)(F)F.O=C(O)CC(S)C(=O)O. The van der Waals surface area contributed by atoms with Crippen LogP contribution in [0.3, 0.4) is 0 Å². The number of esters is 1. The van der Waals surface area contributed by atoms with E-state index in [4.69, 9.17) is 20.4 Å². The number of thiol groups is 1. The van der Waals surface area contributed by atoms with E-state index in [0.717, 1.165) is 6.08 Å². The number of hydrogen-bond acceptors (Lipinski definition) is 14. The summed E-state index contributed by atoms with van der Waals surface area (Å²) in [4.78, 5) is 50.8. The van der Waals surface area contributed by atoms with Crippen LogP contribution in [0.1, 0.15) is 33.1 Å². The summed E-state index contributed by atoms with van der Waals surface area (Å²) in [5, 5.41) is 30.9. The van der Waals surface area contributed by atoms with Gasteiger partial charge in [0, 0.05) is 27.8 Å². The predicted octanol–water partition coefficient (Wildman–Crippen LogP) is 8.08. The van der Waals surface area contributed by atoms with Gasteiger partial charge in [-0.3, -0.25) is 33.4 Å². The Labute approximate surface area is 389 Å². The highest BCUT2D eigenvalue weighted by Crippen LogP contribution is 2.52. The van der Waals surface area contributed by atoms with Crippen LogP contribution in [0.15, 0.2) is 12.7 Å². The molecule has 0 aromatic heterocycles. The van der Waals surface area contributed by atoms with E-state index in [1.807, 2.05) is 0 Å². The van der Waals surface area contributed by atoms with E-state index in [0.29, 0.717) is 18.4 Å². The van der Waals surface area contributed by atoms with E-state index >= 15 is 0 Å². The second-order valence-electron chi connectivity index (χ2n) is 12.2. The molecule has 0 aliphatic rings. The summed E-state index contributed by atoms with van der Waals surface area (Å²) < 4.78 is 282. The minimum atomic E-state index is -6.62. The maximum atomic E-state index is 14.0. The average Bonchev–Trinajstić information content (AvgIpc) is 3.16. The quantitative estimate of drug-likeness (QED) is 0.0181. The molecule has 416 valence electrons. The number of halogens is 20. The van der Waals surface area contributed by atoms with Crippen molar-refractivity contribution >= 4 is 54.2 Å². The van der Waals surface area contributed by atoms with Gasteiger partial charge in [-0.2, -0.15) is 100 Å². The van der Waals surface area contributed by atoms with E-state index in [2.05, 4.69) is 52.4 Å². The number of ether oxygens (including phenoxy) is 7. The molecule has 0 aliphatic heterocycles. The van der Waals surface area contributed by atoms with Crippen molar-refractivity contribution in [1.29, 1.82) is 0 Å². The van der Waals surface area contributed by atoms with Gasteiger partial charge in [0.25, 0.3) is 0 Å². The van der Waals surface area contributed by atoms with Gasteiger partial charge in [-0.25, -0.2) is 0 Å². The molecule has 0 aromatic carbocycles. The van der Waals surface area contributed by atoms with Gasteiger partial charge < -0.3 is 44.1 Å². The van der Waals surface area contributed by atoms with Crippen molar-refractivity contribution in [2.24, 2.45) is 0 Å². The van der Waals surface area contributed by atoms with Crippen molar-refractivity contribution in [1.82, 2.24) is 0 Å². The van der Waals surface area contributed by atoms with Crippen LogP contribution in [-0.2, 0) is 57.1 Å². The highest BCUT2D eigenvalue weighted by atomic mass is 32.2. The number of aliphatic carboxylic acids is 4. The van der Waals surface area contributed by atoms with Gasteiger partial charge in [-0.15, -0.1) is 18.3 Å². The Bertz CT molecular complexity index is 1640. The third-order valence-corrected chi connectivity index (χ3v) is 8.36.